The van der Waals surface area contributed by atoms with Crippen molar-refractivity contribution < 1.29 is 27.8 Å². The van der Waals surface area contributed by atoms with Crippen molar-refractivity contribution in [3.05, 3.63) is 54.1 Å². The lowest BCUT2D eigenvalue weighted by Gasteiger charge is -2.31. The smallest absolute Gasteiger partial charge is 0.387 e. The second-order valence-corrected chi connectivity index (χ2v) is 5.87. The molecular formula is C19H19F2NO4. The molecule has 7 heteroatoms. The highest BCUT2D eigenvalue weighted by Crippen LogP contribution is 2.33. The minimum atomic E-state index is -2.84. The number of rotatable bonds is 6. The molecule has 2 aromatic carbocycles. The molecule has 1 aliphatic heterocycles. The van der Waals surface area contributed by atoms with Gasteiger partial charge in [-0.2, -0.15) is 8.78 Å². The number of amides is 1. The summed E-state index contributed by atoms with van der Waals surface area (Å²) in [4.78, 5) is 12.4. The summed E-state index contributed by atoms with van der Waals surface area (Å²) < 4.78 is 40.0. The van der Waals surface area contributed by atoms with Crippen LogP contribution in [0.25, 0.3) is 0 Å². The Hall–Kier alpha value is -2.83. The van der Waals surface area contributed by atoms with Crippen LogP contribution in [0.2, 0.25) is 0 Å². The van der Waals surface area contributed by atoms with Crippen LogP contribution in [-0.4, -0.2) is 31.3 Å². The lowest BCUT2D eigenvalue weighted by molar-refractivity contribution is -0.133. The van der Waals surface area contributed by atoms with E-state index in [0.29, 0.717) is 24.5 Å². The first-order chi connectivity index (χ1) is 12.5. The number of hydrogen-bond donors (Lipinski definition) is 1. The summed E-state index contributed by atoms with van der Waals surface area (Å²) in [6.07, 6.45) is -0.582. The van der Waals surface area contributed by atoms with Crippen molar-refractivity contribution in [2.24, 2.45) is 0 Å². The number of para-hydroxylation sites is 2. The number of fused-ring (bicyclic) bond motifs is 1. The topological polar surface area (TPSA) is 56.8 Å². The Bertz CT molecular complexity index is 751. The van der Waals surface area contributed by atoms with Crippen molar-refractivity contribution in [3.63, 3.8) is 0 Å². The van der Waals surface area contributed by atoms with Gasteiger partial charge in [-0.25, -0.2) is 0 Å². The molecule has 0 saturated carbocycles. The normalized spacial score (nSPS) is 18.5. The molecule has 0 saturated heterocycles. The summed E-state index contributed by atoms with van der Waals surface area (Å²) in [7, 11) is 0. The number of halogens is 2. The van der Waals surface area contributed by atoms with Crippen LogP contribution >= 0.6 is 0 Å². The van der Waals surface area contributed by atoms with Crippen LogP contribution < -0.4 is 19.5 Å². The maximum absolute atomic E-state index is 12.4. The highest BCUT2D eigenvalue weighted by Gasteiger charge is 2.33. The van der Waals surface area contributed by atoms with Gasteiger partial charge in [-0.05, 0) is 43.2 Å². The molecule has 2 atom stereocenters. The van der Waals surface area contributed by atoms with Gasteiger partial charge in [0.2, 0.25) is 6.10 Å². The van der Waals surface area contributed by atoms with Gasteiger partial charge < -0.3 is 19.5 Å². The van der Waals surface area contributed by atoms with E-state index in [4.69, 9.17) is 9.47 Å². The Balaban J connectivity index is 1.50. The summed E-state index contributed by atoms with van der Waals surface area (Å²) in [5.74, 6) is 1.01. The van der Waals surface area contributed by atoms with Gasteiger partial charge in [-0.15, -0.1) is 0 Å². The van der Waals surface area contributed by atoms with Crippen LogP contribution in [0.15, 0.2) is 48.5 Å². The Morgan fingerprint density at radius 1 is 1.12 bits per heavy atom. The Labute approximate surface area is 149 Å². The highest BCUT2D eigenvalue weighted by atomic mass is 19.3. The fourth-order valence-electron chi connectivity index (χ4n) is 2.67. The summed E-state index contributed by atoms with van der Waals surface area (Å²) in [6.45, 7) is -0.672. The molecule has 2 unspecified atom stereocenters. The van der Waals surface area contributed by atoms with Gasteiger partial charge >= 0.3 is 6.61 Å². The number of ether oxygens (including phenoxy) is 3. The van der Waals surface area contributed by atoms with Gasteiger partial charge in [-0.1, -0.05) is 24.3 Å². The van der Waals surface area contributed by atoms with Gasteiger partial charge in [0, 0.05) is 6.54 Å². The Morgan fingerprint density at radius 2 is 1.77 bits per heavy atom. The quantitative estimate of drug-likeness (QED) is 0.857. The largest absolute Gasteiger partial charge is 0.482 e. The minimum Gasteiger partial charge on any atom is -0.482 e. The van der Waals surface area contributed by atoms with Crippen molar-refractivity contribution in [1.82, 2.24) is 5.32 Å². The highest BCUT2D eigenvalue weighted by molar-refractivity contribution is 5.82. The lowest BCUT2D eigenvalue weighted by atomic mass is 10.1. The average molecular weight is 363 g/mol. The summed E-state index contributed by atoms with van der Waals surface area (Å²) in [6, 6.07) is 13.5. The summed E-state index contributed by atoms with van der Waals surface area (Å²) in [5, 5.41) is 2.81. The average Bonchev–Trinajstić information content (AvgIpc) is 2.62. The fraction of sp³-hybridized carbons (Fsp3) is 0.316. The number of carbonyl (C=O) groups is 1. The number of nitrogens with one attached hydrogen (secondary N) is 1. The van der Waals surface area contributed by atoms with Crippen molar-refractivity contribution in [1.29, 1.82) is 0 Å². The maximum Gasteiger partial charge on any atom is 0.387 e. The second kappa shape index (κ2) is 8.03. The van der Waals surface area contributed by atoms with Crippen molar-refractivity contribution in [2.75, 3.05) is 6.54 Å². The fourth-order valence-corrected chi connectivity index (χ4v) is 2.67. The third-order valence-electron chi connectivity index (χ3n) is 3.96. The molecule has 0 aromatic heterocycles. The summed E-state index contributed by atoms with van der Waals surface area (Å²) >= 11 is 0. The molecule has 2 aromatic rings. The van der Waals surface area contributed by atoms with Crippen LogP contribution in [0.3, 0.4) is 0 Å². The van der Waals surface area contributed by atoms with E-state index in [0.717, 1.165) is 5.56 Å². The van der Waals surface area contributed by atoms with Gasteiger partial charge in [0.15, 0.2) is 11.5 Å². The van der Waals surface area contributed by atoms with Crippen LogP contribution in [0, 0.1) is 0 Å². The van der Waals surface area contributed by atoms with Gasteiger partial charge in [0.25, 0.3) is 5.91 Å². The number of carbonyl (C=O) groups excluding carboxylic acids is 1. The minimum absolute atomic E-state index is 0.105. The van der Waals surface area contributed by atoms with Gasteiger partial charge in [0.1, 0.15) is 11.9 Å². The van der Waals surface area contributed by atoms with Crippen LogP contribution in [0.5, 0.6) is 17.2 Å². The molecule has 0 aliphatic carbocycles. The van der Waals surface area contributed by atoms with E-state index in [9.17, 15) is 13.6 Å². The molecule has 138 valence electrons. The standard InChI is InChI=1S/C19H19F2NO4/c1-12-17(26-16-5-3-2-4-15(16)24-12)18(23)22-11-10-13-6-8-14(9-7-13)25-19(20)21/h2-9,12,17,19H,10-11H2,1H3,(H,22,23). The van der Waals surface area contributed by atoms with E-state index in [1.54, 1.807) is 31.2 Å². The van der Waals surface area contributed by atoms with E-state index in [2.05, 4.69) is 10.1 Å². The van der Waals surface area contributed by atoms with E-state index < -0.39 is 18.8 Å². The first-order valence-corrected chi connectivity index (χ1v) is 8.27. The maximum atomic E-state index is 12.4. The molecule has 1 heterocycles. The van der Waals surface area contributed by atoms with E-state index in [-0.39, 0.29) is 11.7 Å². The zero-order valence-corrected chi connectivity index (χ0v) is 14.2. The first kappa shape index (κ1) is 18.0. The van der Waals surface area contributed by atoms with E-state index in [1.165, 1.54) is 12.1 Å². The first-order valence-electron chi connectivity index (χ1n) is 8.27. The third-order valence-corrected chi connectivity index (χ3v) is 3.96. The Morgan fingerprint density at radius 3 is 2.42 bits per heavy atom. The monoisotopic (exact) mass is 363 g/mol. The van der Waals surface area contributed by atoms with Crippen LogP contribution in [0.4, 0.5) is 8.78 Å². The zero-order chi connectivity index (χ0) is 18.5. The van der Waals surface area contributed by atoms with E-state index in [1.807, 2.05) is 12.1 Å². The van der Waals surface area contributed by atoms with E-state index >= 15 is 0 Å². The molecule has 0 radical (unpaired) electrons. The molecule has 1 amide bonds. The summed E-state index contributed by atoms with van der Waals surface area (Å²) in [5.41, 5.74) is 0.895. The molecule has 26 heavy (non-hydrogen) atoms. The molecule has 0 fully saturated rings. The van der Waals surface area contributed by atoms with Crippen molar-refractivity contribution >= 4 is 5.91 Å². The molecule has 5 nitrogen and oxygen atoms in total. The molecule has 3 rings (SSSR count). The van der Waals surface area contributed by atoms with Crippen LogP contribution in [0.1, 0.15) is 12.5 Å². The molecule has 1 aliphatic rings. The predicted molar refractivity (Wildman–Crippen MR) is 90.7 cm³/mol. The molecule has 1 N–H and O–H groups in total. The van der Waals surface area contributed by atoms with Gasteiger partial charge in [0.05, 0.1) is 0 Å². The zero-order valence-electron chi connectivity index (χ0n) is 14.2. The van der Waals surface area contributed by atoms with Crippen molar-refractivity contribution in [3.8, 4) is 17.2 Å². The third kappa shape index (κ3) is 4.41. The van der Waals surface area contributed by atoms with Crippen molar-refractivity contribution in [2.45, 2.75) is 32.2 Å². The number of alkyl halides is 2. The Kier molecular flexibility index (Phi) is 5.55. The SMILES string of the molecule is CC1Oc2ccccc2OC1C(=O)NCCc1ccc(OC(F)F)cc1. The second-order valence-electron chi connectivity index (χ2n) is 5.87. The van der Waals surface area contributed by atoms with Gasteiger partial charge in [-0.3, -0.25) is 4.79 Å². The molecule has 0 bridgehead atoms. The van der Waals surface area contributed by atoms with Crippen LogP contribution in [-0.2, 0) is 11.2 Å². The molecular weight excluding hydrogens is 344 g/mol. The number of benzene rings is 2. The molecule has 0 spiro atoms. The number of hydrogen-bond acceptors (Lipinski definition) is 4. The lowest BCUT2D eigenvalue weighted by Crippen LogP contribution is -2.49. The predicted octanol–water partition coefficient (Wildman–Crippen LogP) is 3.18.